The number of hydrogen-bond acceptors (Lipinski definition) is 6. The highest BCUT2D eigenvalue weighted by molar-refractivity contribution is 6.32. The van der Waals surface area contributed by atoms with Crippen molar-refractivity contribution in [1.82, 2.24) is 0 Å². The summed E-state index contributed by atoms with van der Waals surface area (Å²) < 4.78 is 44.7. The van der Waals surface area contributed by atoms with E-state index >= 15 is 0 Å². The fourth-order valence-corrected chi connectivity index (χ4v) is 2.38. The number of carbonyl (C=O) groups is 1. The Hall–Kier alpha value is -3.05. The molecule has 0 aliphatic rings. The third-order valence-electron chi connectivity index (χ3n) is 3.25. The molecular weight excluding hydrogens is 384 g/mol. The molecule has 9 heteroatoms. The standard InChI is InChI=1S/C18H14ClF2NO5/c1-3-25-15-7-10(9-22)6-12(19)16(15)27-17(23)11-4-5-13(26-18(20)21)14(8-11)24-2/h4-8,18H,3H2,1-2H3. The smallest absolute Gasteiger partial charge is 0.387 e. The summed E-state index contributed by atoms with van der Waals surface area (Å²) in [6, 6.07) is 8.22. The zero-order chi connectivity index (χ0) is 20.0. The third kappa shape index (κ3) is 4.99. The van der Waals surface area contributed by atoms with Crippen LogP contribution in [0.15, 0.2) is 30.3 Å². The van der Waals surface area contributed by atoms with Gasteiger partial charge in [0.2, 0.25) is 0 Å². The minimum atomic E-state index is -3.04. The molecule has 0 saturated heterocycles. The predicted molar refractivity (Wildman–Crippen MR) is 91.9 cm³/mol. The van der Waals surface area contributed by atoms with E-state index in [1.165, 1.54) is 31.4 Å². The van der Waals surface area contributed by atoms with Gasteiger partial charge in [-0.15, -0.1) is 0 Å². The predicted octanol–water partition coefficient (Wildman–Crippen LogP) is 4.44. The lowest BCUT2D eigenvalue weighted by Crippen LogP contribution is -2.11. The number of nitriles is 1. The summed E-state index contributed by atoms with van der Waals surface area (Å²) in [7, 11) is 1.24. The van der Waals surface area contributed by atoms with Gasteiger partial charge in [-0.25, -0.2) is 4.79 Å². The summed E-state index contributed by atoms with van der Waals surface area (Å²) in [6.45, 7) is -1.07. The molecule has 6 nitrogen and oxygen atoms in total. The van der Waals surface area contributed by atoms with E-state index in [9.17, 15) is 13.6 Å². The molecule has 27 heavy (non-hydrogen) atoms. The second-order valence-electron chi connectivity index (χ2n) is 4.96. The Balaban J connectivity index is 2.33. The minimum absolute atomic E-state index is 0.00969. The van der Waals surface area contributed by atoms with Gasteiger partial charge in [0.15, 0.2) is 23.0 Å². The van der Waals surface area contributed by atoms with Crippen LogP contribution in [0.5, 0.6) is 23.0 Å². The monoisotopic (exact) mass is 397 g/mol. The Morgan fingerprint density at radius 2 is 1.96 bits per heavy atom. The van der Waals surface area contributed by atoms with Gasteiger partial charge < -0.3 is 18.9 Å². The number of ether oxygens (including phenoxy) is 4. The first-order valence-corrected chi connectivity index (χ1v) is 7.98. The maximum Gasteiger partial charge on any atom is 0.387 e. The molecule has 0 bridgehead atoms. The molecule has 0 aliphatic carbocycles. The van der Waals surface area contributed by atoms with Gasteiger partial charge in [0.25, 0.3) is 0 Å². The quantitative estimate of drug-likeness (QED) is 0.507. The Bertz CT molecular complexity index is 883. The summed E-state index contributed by atoms with van der Waals surface area (Å²) in [6.07, 6.45) is 0. The number of hydrogen-bond donors (Lipinski definition) is 0. The first-order chi connectivity index (χ1) is 12.9. The summed E-state index contributed by atoms with van der Waals surface area (Å²) in [5, 5.41) is 9.01. The molecule has 0 heterocycles. The second-order valence-corrected chi connectivity index (χ2v) is 5.37. The van der Waals surface area contributed by atoms with Crippen molar-refractivity contribution >= 4 is 17.6 Å². The molecule has 2 aromatic rings. The average Bonchev–Trinajstić information content (AvgIpc) is 2.64. The van der Waals surface area contributed by atoms with Crippen LogP contribution in [0.3, 0.4) is 0 Å². The molecular formula is C18H14ClF2NO5. The number of esters is 1. The second kappa shape index (κ2) is 9.05. The van der Waals surface area contributed by atoms with Crippen molar-refractivity contribution < 1.29 is 32.5 Å². The van der Waals surface area contributed by atoms with Gasteiger partial charge in [0.1, 0.15) is 0 Å². The van der Waals surface area contributed by atoms with Crippen LogP contribution in [0.4, 0.5) is 8.78 Å². The van der Waals surface area contributed by atoms with Crippen LogP contribution in [0, 0.1) is 11.3 Å². The van der Waals surface area contributed by atoms with Crippen LogP contribution in [0.25, 0.3) is 0 Å². The Kier molecular flexibility index (Phi) is 6.79. The van der Waals surface area contributed by atoms with Crippen LogP contribution in [0.1, 0.15) is 22.8 Å². The molecule has 2 aromatic carbocycles. The van der Waals surface area contributed by atoms with Crippen LogP contribution in [-0.2, 0) is 0 Å². The largest absolute Gasteiger partial charge is 0.493 e. The molecule has 0 radical (unpaired) electrons. The van der Waals surface area contributed by atoms with Crippen LogP contribution < -0.4 is 18.9 Å². The van der Waals surface area contributed by atoms with Gasteiger partial charge in [-0.3, -0.25) is 0 Å². The SMILES string of the molecule is CCOc1cc(C#N)cc(Cl)c1OC(=O)c1ccc(OC(F)F)c(OC)c1. The molecule has 0 N–H and O–H groups in total. The number of alkyl halides is 2. The molecule has 0 aromatic heterocycles. The maximum atomic E-state index is 12.4. The third-order valence-corrected chi connectivity index (χ3v) is 3.53. The van der Waals surface area contributed by atoms with E-state index in [0.29, 0.717) is 0 Å². The van der Waals surface area contributed by atoms with Crippen molar-refractivity contribution in [3.63, 3.8) is 0 Å². The number of methoxy groups -OCH3 is 1. The van der Waals surface area contributed by atoms with Gasteiger partial charge in [-0.2, -0.15) is 14.0 Å². The van der Waals surface area contributed by atoms with Crippen molar-refractivity contribution in [2.24, 2.45) is 0 Å². The van der Waals surface area contributed by atoms with E-state index in [-0.39, 0.29) is 45.8 Å². The van der Waals surface area contributed by atoms with Gasteiger partial charge in [0.05, 0.1) is 35.9 Å². The lowest BCUT2D eigenvalue weighted by atomic mass is 10.2. The van der Waals surface area contributed by atoms with E-state index in [0.717, 1.165) is 6.07 Å². The van der Waals surface area contributed by atoms with Crippen molar-refractivity contribution in [3.05, 3.63) is 46.5 Å². The Morgan fingerprint density at radius 3 is 2.56 bits per heavy atom. The zero-order valence-electron chi connectivity index (χ0n) is 14.3. The van der Waals surface area contributed by atoms with Crippen molar-refractivity contribution in [3.8, 4) is 29.1 Å². The van der Waals surface area contributed by atoms with Crippen molar-refractivity contribution in [2.45, 2.75) is 13.5 Å². The maximum absolute atomic E-state index is 12.4. The molecule has 142 valence electrons. The van der Waals surface area contributed by atoms with E-state index in [2.05, 4.69) is 4.74 Å². The van der Waals surface area contributed by atoms with Crippen molar-refractivity contribution in [1.29, 1.82) is 5.26 Å². The first kappa shape index (κ1) is 20.3. The van der Waals surface area contributed by atoms with Crippen LogP contribution >= 0.6 is 11.6 Å². The number of rotatable bonds is 7. The highest BCUT2D eigenvalue weighted by Gasteiger charge is 2.20. The zero-order valence-corrected chi connectivity index (χ0v) is 15.0. The number of benzene rings is 2. The van der Waals surface area contributed by atoms with Gasteiger partial charge in [-0.1, -0.05) is 11.6 Å². The lowest BCUT2D eigenvalue weighted by molar-refractivity contribution is -0.0512. The first-order valence-electron chi connectivity index (χ1n) is 7.61. The molecule has 2 rings (SSSR count). The van der Waals surface area contributed by atoms with Crippen LogP contribution in [-0.4, -0.2) is 26.3 Å². The summed E-state index contributed by atoms with van der Waals surface area (Å²) in [4.78, 5) is 12.4. The van der Waals surface area contributed by atoms with Crippen LogP contribution in [0.2, 0.25) is 5.02 Å². The fraction of sp³-hybridized carbons (Fsp3) is 0.222. The van der Waals surface area contributed by atoms with E-state index < -0.39 is 12.6 Å². The number of halogens is 3. The normalized spacial score (nSPS) is 10.3. The van der Waals surface area contributed by atoms with E-state index in [1.54, 1.807) is 6.92 Å². The number of nitrogens with zero attached hydrogens (tertiary/aromatic N) is 1. The summed E-state index contributed by atoms with van der Waals surface area (Å²) in [5.41, 5.74) is 0.245. The highest BCUT2D eigenvalue weighted by Crippen LogP contribution is 2.37. The van der Waals surface area contributed by atoms with Crippen molar-refractivity contribution in [2.75, 3.05) is 13.7 Å². The van der Waals surface area contributed by atoms with Gasteiger partial charge in [0, 0.05) is 6.07 Å². The van der Waals surface area contributed by atoms with Gasteiger partial charge >= 0.3 is 12.6 Å². The fourth-order valence-electron chi connectivity index (χ4n) is 2.13. The molecule has 0 saturated carbocycles. The number of carbonyl (C=O) groups excluding carboxylic acids is 1. The highest BCUT2D eigenvalue weighted by atomic mass is 35.5. The summed E-state index contributed by atoms with van der Waals surface area (Å²) in [5.74, 6) is -1.06. The molecule has 0 unspecified atom stereocenters. The molecule has 0 atom stereocenters. The van der Waals surface area contributed by atoms with Gasteiger partial charge in [-0.05, 0) is 31.2 Å². The Labute approximate surface area is 158 Å². The summed E-state index contributed by atoms with van der Waals surface area (Å²) >= 11 is 6.09. The molecule has 0 fully saturated rings. The Morgan fingerprint density at radius 1 is 1.22 bits per heavy atom. The molecule has 0 amide bonds. The lowest BCUT2D eigenvalue weighted by Gasteiger charge is -2.14. The minimum Gasteiger partial charge on any atom is -0.493 e. The average molecular weight is 398 g/mol. The van der Waals surface area contributed by atoms with E-state index in [4.69, 9.17) is 31.1 Å². The van der Waals surface area contributed by atoms with E-state index in [1.807, 2.05) is 6.07 Å². The molecule has 0 aliphatic heterocycles. The topological polar surface area (TPSA) is 77.8 Å². The molecule has 0 spiro atoms.